The van der Waals surface area contributed by atoms with E-state index < -0.39 is 30.3 Å². The van der Waals surface area contributed by atoms with Crippen molar-refractivity contribution in [1.82, 2.24) is 41.7 Å². The number of urea groups is 4. The van der Waals surface area contributed by atoms with Gasteiger partial charge in [-0.25, -0.2) is 58.1 Å². The number of hydrogen-bond donors (Lipinski definition) is 6. The van der Waals surface area contributed by atoms with Crippen LogP contribution in [0.5, 0.6) is 0 Å². The molecule has 0 saturated heterocycles. The van der Waals surface area contributed by atoms with Crippen molar-refractivity contribution in [1.29, 1.82) is 0 Å². The Morgan fingerprint density at radius 3 is 1.00 bits per heavy atom. The summed E-state index contributed by atoms with van der Waals surface area (Å²) in [5.41, 5.74) is 0. The minimum Gasteiger partial charge on any atom is -0.453 e. The van der Waals surface area contributed by atoms with Crippen LogP contribution in [0.2, 0.25) is 0 Å². The number of carbonyl (C=O) groups excluding carboxylic acids is 8. The highest BCUT2D eigenvalue weighted by atomic mass is 16.5. The number of ether oxygens (including phenoxy) is 2. The van der Waals surface area contributed by atoms with Gasteiger partial charge >= 0.3 is 36.3 Å². The van der Waals surface area contributed by atoms with Gasteiger partial charge in [0.15, 0.2) is 0 Å². The van der Waals surface area contributed by atoms with E-state index in [4.69, 9.17) is 9.59 Å². The standard InChI is InChI=1S/C5H11N3O2.C5H10N2O3.C3H8N2O.C3H7NO2.2C2H3NO/c1-6-4(9)8(3)5(10)7-2;1-6-4(8)7(2)5(9)10-3;1-4-3(6)5-2;1-4-3(5)6-2;2*1-3-2-4/h1-3H3,(H,6,9)(H,7,10);1-3H3,(H,6,8);1-2H3,(H2,4,5,6);1-2H3,(H,4,5);2*1H3. The average molecular weight is 583 g/mol. The molecule has 0 aliphatic rings. The van der Waals surface area contributed by atoms with Crippen molar-refractivity contribution in [2.45, 2.75) is 0 Å². The minimum absolute atomic E-state index is 0.157. The van der Waals surface area contributed by atoms with E-state index in [-0.39, 0.29) is 6.03 Å². The number of alkyl carbamates (subject to hydrolysis) is 1. The van der Waals surface area contributed by atoms with Gasteiger partial charge in [0.1, 0.15) is 0 Å². The van der Waals surface area contributed by atoms with E-state index >= 15 is 0 Å². The summed E-state index contributed by atoms with van der Waals surface area (Å²) in [6, 6.07) is -1.51. The summed E-state index contributed by atoms with van der Waals surface area (Å²) < 4.78 is 8.41. The second-order valence-corrected chi connectivity index (χ2v) is 5.45. The Hall–Kier alpha value is -5.22. The van der Waals surface area contributed by atoms with Gasteiger partial charge < -0.3 is 41.4 Å². The van der Waals surface area contributed by atoms with Crippen LogP contribution in [-0.2, 0) is 19.1 Å². The number of carbonyl (C=O) groups is 6. The molecule has 0 fully saturated rings. The Morgan fingerprint density at radius 2 is 0.875 bits per heavy atom. The van der Waals surface area contributed by atoms with Gasteiger partial charge in [-0.15, -0.1) is 0 Å². The Balaban J connectivity index is -0.0000000902. The molecule has 0 rings (SSSR count). The molecular formula is C20H42N10O10. The zero-order valence-corrected chi connectivity index (χ0v) is 24.9. The number of amides is 10. The lowest BCUT2D eigenvalue weighted by atomic mass is 10.7. The van der Waals surface area contributed by atoms with Gasteiger partial charge in [0, 0.05) is 70.5 Å². The minimum atomic E-state index is -0.681. The van der Waals surface area contributed by atoms with Crippen LogP contribution < -0.4 is 31.9 Å². The lowest BCUT2D eigenvalue weighted by molar-refractivity contribution is 0.137. The highest BCUT2D eigenvalue weighted by Gasteiger charge is 2.14. The van der Waals surface area contributed by atoms with Crippen LogP contribution in [0.25, 0.3) is 0 Å². The van der Waals surface area contributed by atoms with Crippen LogP contribution in [0.3, 0.4) is 0 Å². The monoisotopic (exact) mass is 582 g/mol. The Labute approximate surface area is 233 Å². The van der Waals surface area contributed by atoms with Gasteiger partial charge in [-0.3, -0.25) is 0 Å². The van der Waals surface area contributed by atoms with Crippen LogP contribution in [0.15, 0.2) is 9.98 Å². The van der Waals surface area contributed by atoms with Crippen molar-refractivity contribution < 1.29 is 47.8 Å². The molecule has 0 heterocycles. The molecule has 0 bridgehead atoms. The number of methoxy groups -OCH3 is 2. The summed E-state index contributed by atoms with van der Waals surface area (Å²) in [7, 11) is 17.0. The zero-order chi connectivity index (χ0) is 33.1. The van der Waals surface area contributed by atoms with Crippen molar-refractivity contribution in [3.05, 3.63) is 0 Å². The molecule has 0 radical (unpaired) electrons. The first kappa shape index (κ1) is 47.9. The maximum Gasteiger partial charge on any atom is 0.417 e. The maximum absolute atomic E-state index is 10.7. The van der Waals surface area contributed by atoms with Crippen molar-refractivity contribution in [3.8, 4) is 0 Å². The molecular weight excluding hydrogens is 540 g/mol. The summed E-state index contributed by atoms with van der Waals surface area (Å²) >= 11 is 0. The fourth-order valence-electron chi connectivity index (χ4n) is 1.04. The molecule has 20 nitrogen and oxygen atoms in total. The molecule has 232 valence electrons. The largest absolute Gasteiger partial charge is 0.453 e. The summed E-state index contributed by atoms with van der Waals surface area (Å²) in [4.78, 5) is 87.7. The number of imide groups is 2. The second kappa shape index (κ2) is 38.3. The third kappa shape index (κ3) is 40.0. The van der Waals surface area contributed by atoms with Gasteiger partial charge in [0.2, 0.25) is 12.2 Å². The predicted octanol–water partition coefficient (Wildman–Crippen LogP) is -0.958. The van der Waals surface area contributed by atoms with Crippen LogP contribution in [-0.4, -0.2) is 143 Å². The van der Waals surface area contributed by atoms with Crippen LogP contribution in [0.1, 0.15) is 0 Å². The number of nitrogens with one attached hydrogen (secondary N) is 6. The third-order valence-corrected chi connectivity index (χ3v) is 3.03. The normalized spacial score (nSPS) is 7.10. The van der Waals surface area contributed by atoms with Gasteiger partial charge in [0.05, 0.1) is 14.2 Å². The molecule has 40 heavy (non-hydrogen) atoms. The van der Waals surface area contributed by atoms with Crippen LogP contribution in [0.4, 0.5) is 28.8 Å². The molecule has 0 spiro atoms. The van der Waals surface area contributed by atoms with E-state index in [9.17, 15) is 28.8 Å². The summed E-state index contributed by atoms with van der Waals surface area (Å²) in [5, 5.41) is 13.9. The zero-order valence-electron chi connectivity index (χ0n) is 24.9. The van der Waals surface area contributed by atoms with E-state index in [2.05, 4.69) is 51.4 Å². The number of isocyanates is 2. The summed E-state index contributed by atoms with van der Waals surface area (Å²) in [6.07, 6.45) is 1.52. The summed E-state index contributed by atoms with van der Waals surface area (Å²) in [6.45, 7) is 0. The highest BCUT2D eigenvalue weighted by Crippen LogP contribution is 1.87. The lowest BCUT2D eigenvalue weighted by Gasteiger charge is -2.12. The molecule has 0 atom stereocenters. The highest BCUT2D eigenvalue weighted by molar-refractivity contribution is 5.92. The van der Waals surface area contributed by atoms with Gasteiger partial charge in [-0.05, 0) is 0 Å². The Bertz CT molecular complexity index is 704. The quantitative estimate of drug-likeness (QED) is 0.150. The second-order valence-electron chi connectivity index (χ2n) is 5.45. The van der Waals surface area contributed by atoms with Crippen molar-refractivity contribution in [2.24, 2.45) is 9.98 Å². The first-order valence-electron chi connectivity index (χ1n) is 10.5. The number of nitrogens with zero attached hydrogens (tertiary/aromatic N) is 4. The molecule has 6 N–H and O–H groups in total. The van der Waals surface area contributed by atoms with Crippen molar-refractivity contribution >= 4 is 48.5 Å². The molecule has 10 amide bonds. The van der Waals surface area contributed by atoms with Crippen molar-refractivity contribution in [2.75, 3.05) is 84.7 Å². The van der Waals surface area contributed by atoms with Crippen LogP contribution >= 0.6 is 0 Å². The van der Waals surface area contributed by atoms with Gasteiger partial charge in [0.25, 0.3) is 0 Å². The van der Waals surface area contributed by atoms with Gasteiger partial charge in [-0.1, -0.05) is 0 Å². The molecule has 20 heteroatoms. The van der Waals surface area contributed by atoms with E-state index in [1.807, 2.05) is 0 Å². The Kier molecular flexibility index (Phi) is 45.9. The number of rotatable bonds is 0. The number of aliphatic imine (C=N–C) groups is 2. The predicted molar refractivity (Wildman–Crippen MR) is 144 cm³/mol. The summed E-state index contributed by atoms with van der Waals surface area (Å²) in [5.74, 6) is 0. The molecule has 0 unspecified atom stereocenters. The fraction of sp³-hybridized carbons (Fsp3) is 0.600. The van der Waals surface area contributed by atoms with E-state index in [0.29, 0.717) is 0 Å². The maximum atomic E-state index is 10.7. The Morgan fingerprint density at radius 1 is 0.575 bits per heavy atom. The van der Waals surface area contributed by atoms with Gasteiger partial charge in [-0.2, -0.15) is 0 Å². The van der Waals surface area contributed by atoms with E-state index in [0.717, 1.165) is 9.80 Å². The molecule has 0 saturated carbocycles. The number of hydrogen-bond acceptors (Lipinski definition) is 12. The fourth-order valence-corrected chi connectivity index (χ4v) is 1.04. The topological polar surface area (TPSA) is 258 Å². The lowest BCUT2D eigenvalue weighted by Crippen LogP contribution is -2.43. The SMILES string of the molecule is CN=C=O.CN=C=O.CNC(=O)N(C)C(=O)NC.CNC(=O)N(C)C(=O)OC.CNC(=O)NC.CNC(=O)OC. The molecule has 0 aromatic heterocycles. The van der Waals surface area contributed by atoms with Crippen LogP contribution in [0, 0.1) is 0 Å². The van der Waals surface area contributed by atoms with E-state index in [1.54, 1.807) is 14.1 Å². The molecule has 0 aliphatic carbocycles. The molecule has 0 aliphatic heterocycles. The molecule has 0 aromatic rings. The molecule has 0 aromatic carbocycles. The smallest absolute Gasteiger partial charge is 0.417 e. The average Bonchev–Trinajstić information content (AvgIpc) is 3.02. The van der Waals surface area contributed by atoms with E-state index in [1.165, 1.54) is 82.8 Å². The first-order valence-corrected chi connectivity index (χ1v) is 10.5. The third-order valence-electron chi connectivity index (χ3n) is 3.03. The first-order chi connectivity index (χ1) is 18.7. The van der Waals surface area contributed by atoms with Crippen molar-refractivity contribution in [3.63, 3.8) is 0 Å².